The standard InChI is InChI=1S/C21H18F2N4O4/c1-21(12-3-6-14(31-2)7-4-12)19(29)27(20(30)26-21)11-18(28)25-17(10-24)15-8-5-13(22)9-16(15)23/h3-9,17H,11H2,1-2H3,(H,25,28)(H,26,30). The van der Waals surface area contributed by atoms with E-state index in [0.717, 1.165) is 12.1 Å². The van der Waals surface area contributed by atoms with Crippen molar-refractivity contribution in [1.82, 2.24) is 15.5 Å². The summed E-state index contributed by atoms with van der Waals surface area (Å²) in [6.07, 6.45) is 0. The summed E-state index contributed by atoms with van der Waals surface area (Å²) >= 11 is 0. The summed E-state index contributed by atoms with van der Waals surface area (Å²) in [4.78, 5) is 38.4. The molecule has 0 aromatic heterocycles. The van der Waals surface area contributed by atoms with Gasteiger partial charge in [-0.25, -0.2) is 13.6 Å². The average Bonchev–Trinajstić information content (AvgIpc) is 2.96. The van der Waals surface area contributed by atoms with Crippen LogP contribution in [0.15, 0.2) is 42.5 Å². The van der Waals surface area contributed by atoms with Crippen LogP contribution in [0, 0.1) is 23.0 Å². The number of urea groups is 1. The lowest BCUT2D eigenvalue weighted by atomic mass is 9.92. The Bertz CT molecular complexity index is 1080. The number of imide groups is 1. The normalized spacial score (nSPS) is 18.9. The highest BCUT2D eigenvalue weighted by Crippen LogP contribution is 2.30. The van der Waals surface area contributed by atoms with Crippen molar-refractivity contribution in [2.75, 3.05) is 13.7 Å². The van der Waals surface area contributed by atoms with Crippen molar-refractivity contribution in [2.24, 2.45) is 0 Å². The predicted molar refractivity (Wildman–Crippen MR) is 103 cm³/mol. The second kappa shape index (κ2) is 8.39. The number of amides is 4. The molecule has 2 aromatic carbocycles. The summed E-state index contributed by atoms with van der Waals surface area (Å²) in [5.41, 5.74) is -1.16. The zero-order valence-corrected chi connectivity index (χ0v) is 16.6. The van der Waals surface area contributed by atoms with E-state index in [0.29, 0.717) is 22.3 Å². The number of halogens is 2. The average molecular weight is 428 g/mol. The molecule has 2 atom stereocenters. The van der Waals surface area contributed by atoms with Crippen molar-refractivity contribution in [2.45, 2.75) is 18.5 Å². The molecule has 1 aliphatic heterocycles. The number of nitriles is 1. The number of nitrogens with zero attached hydrogens (tertiary/aromatic N) is 2. The molecular weight excluding hydrogens is 410 g/mol. The fourth-order valence-corrected chi connectivity index (χ4v) is 3.23. The number of nitrogens with one attached hydrogen (secondary N) is 2. The lowest BCUT2D eigenvalue weighted by molar-refractivity contribution is -0.134. The molecule has 8 nitrogen and oxygen atoms in total. The van der Waals surface area contributed by atoms with Crippen LogP contribution < -0.4 is 15.4 Å². The van der Waals surface area contributed by atoms with E-state index >= 15 is 0 Å². The van der Waals surface area contributed by atoms with Gasteiger partial charge in [-0.1, -0.05) is 18.2 Å². The number of methoxy groups -OCH3 is 1. The first-order chi connectivity index (χ1) is 14.7. The highest BCUT2D eigenvalue weighted by Gasteiger charge is 2.49. The highest BCUT2D eigenvalue weighted by atomic mass is 19.1. The summed E-state index contributed by atoms with van der Waals surface area (Å²) < 4.78 is 32.1. The van der Waals surface area contributed by atoms with E-state index in [1.807, 2.05) is 0 Å². The van der Waals surface area contributed by atoms with Crippen LogP contribution in [0.25, 0.3) is 0 Å². The smallest absolute Gasteiger partial charge is 0.325 e. The van der Waals surface area contributed by atoms with Gasteiger partial charge in [-0.3, -0.25) is 14.5 Å². The van der Waals surface area contributed by atoms with Crippen molar-refractivity contribution in [3.05, 3.63) is 65.2 Å². The number of carbonyl (C=O) groups excluding carboxylic acids is 3. The van der Waals surface area contributed by atoms with Gasteiger partial charge in [-0.05, 0) is 30.7 Å². The van der Waals surface area contributed by atoms with Gasteiger partial charge in [0.05, 0.1) is 13.2 Å². The van der Waals surface area contributed by atoms with E-state index in [1.165, 1.54) is 14.0 Å². The zero-order valence-electron chi connectivity index (χ0n) is 16.6. The molecule has 1 fully saturated rings. The molecule has 2 unspecified atom stereocenters. The lowest BCUT2D eigenvalue weighted by Gasteiger charge is -2.22. The Hall–Kier alpha value is -4.00. The van der Waals surface area contributed by atoms with Gasteiger partial charge in [0.25, 0.3) is 5.91 Å². The number of ether oxygens (including phenoxy) is 1. The molecule has 0 aliphatic carbocycles. The number of hydrogen-bond donors (Lipinski definition) is 2. The number of hydrogen-bond acceptors (Lipinski definition) is 5. The molecule has 2 N–H and O–H groups in total. The Labute approximate surface area is 176 Å². The van der Waals surface area contributed by atoms with E-state index in [-0.39, 0.29) is 5.56 Å². The molecule has 31 heavy (non-hydrogen) atoms. The van der Waals surface area contributed by atoms with Crippen molar-refractivity contribution in [1.29, 1.82) is 5.26 Å². The summed E-state index contributed by atoms with van der Waals surface area (Å²) in [5.74, 6) is -2.80. The minimum absolute atomic E-state index is 0.238. The lowest BCUT2D eigenvalue weighted by Crippen LogP contribution is -2.43. The summed E-state index contributed by atoms with van der Waals surface area (Å²) in [5, 5.41) is 14.1. The number of carbonyl (C=O) groups is 3. The first-order valence-electron chi connectivity index (χ1n) is 9.12. The minimum Gasteiger partial charge on any atom is -0.497 e. The van der Waals surface area contributed by atoms with Crippen LogP contribution in [0.2, 0.25) is 0 Å². The summed E-state index contributed by atoms with van der Waals surface area (Å²) in [7, 11) is 1.49. The molecule has 1 aliphatic rings. The van der Waals surface area contributed by atoms with Gasteiger partial charge >= 0.3 is 6.03 Å². The molecule has 4 amide bonds. The molecule has 1 heterocycles. The Morgan fingerprint density at radius 1 is 1.26 bits per heavy atom. The molecule has 160 valence electrons. The first-order valence-corrected chi connectivity index (χ1v) is 9.12. The van der Waals surface area contributed by atoms with Gasteiger partial charge in [0.1, 0.15) is 35.5 Å². The van der Waals surface area contributed by atoms with Crippen molar-refractivity contribution < 1.29 is 27.9 Å². The third-order valence-corrected chi connectivity index (χ3v) is 4.95. The maximum absolute atomic E-state index is 13.9. The van der Waals surface area contributed by atoms with Crippen LogP contribution in [-0.2, 0) is 15.1 Å². The largest absolute Gasteiger partial charge is 0.497 e. The Kier molecular flexibility index (Phi) is 5.88. The summed E-state index contributed by atoms with van der Waals surface area (Å²) in [6, 6.07) is 8.54. The second-order valence-corrected chi connectivity index (χ2v) is 6.97. The van der Waals surface area contributed by atoms with Gasteiger partial charge in [-0.15, -0.1) is 0 Å². The Morgan fingerprint density at radius 2 is 1.94 bits per heavy atom. The number of rotatable bonds is 6. The van der Waals surface area contributed by atoms with Crippen LogP contribution in [-0.4, -0.2) is 36.4 Å². The van der Waals surface area contributed by atoms with E-state index in [4.69, 9.17) is 4.74 Å². The van der Waals surface area contributed by atoms with Crippen LogP contribution >= 0.6 is 0 Å². The van der Waals surface area contributed by atoms with Crippen molar-refractivity contribution in [3.63, 3.8) is 0 Å². The van der Waals surface area contributed by atoms with E-state index in [2.05, 4.69) is 10.6 Å². The first kappa shape index (κ1) is 21.7. The molecule has 2 aromatic rings. The SMILES string of the molecule is COc1ccc(C2(C)NC(=O)N(CC(=O)NC(C#N)c3ccc(F)cc3F)C2=O)cc1. The monoisotopic (exact) mass is 428 g/mol. The zero-order chi connectivity index (χ0) is 22.8. The maximum atomic E-state index is 13.9. The van der Waals surface area contributed by atoms with Gasteiger partial charge in [0, 0.05) is 11.6 Å². The third kappa shape index (κ3) is 4.16. The molecule has 0 spiro atoms. The van der Waals surface area contributed by atoms with Gasteiger partial charge < -0.3 is 15.4 Å². The maximum Gasteiger partial charge on any atom is 0.325 e. The van der Waals surface area contributed by atoms with E-state index in [1.54, 1.807) is 30.3 Å². The van der Waals surface area contributed by atoms with E-state index in [9.17, 15) is 28.4 Å². The fourth-order valence-electron chi connectivity index (χ4n) is 3.23. The Morgan fingerprint density at radius 3 is 2.52 bits per heavy atom. The molecule has 0 radical (unpaired) electrons. The van der Waals surface area contributed by atoms with Gasteiger partial charge in [-0.2, -0.15) is 5.26 Å². The quantitative estimate of drug-likeness (QED) is 0.685. The molecule has 0 bridgehead atoms. The minimum atomic E-state index is -1.43. The molecule has 10 heteroatoms. The summed E-state index contributed by atoms with van der Waals surface area (Å²) in [6.45, 7) is 0.816. The van der Waals surface area contributed by atoms with Crippen molar-refractivity contribution in [3.8, 4) is 11.8 Å². The fraction of sp³-hybridized carbons (Fsp3) is 0.238. The molecule has 0 saturated carbocycles. The second-order valence-electron chi connectivity index (χ2n) is 6.97. The van der Waals surface area contributed by atoms with Crippen LogP contribution in [0.4, 0.5) is 13.6 Å². The highest BCUT2D eigenvalue weighted by molar-refractivity contribution is 6.09. The predicted octanol–water partition coefficient (Wildman–Crippen LogP) is 2.12. The van der Waals surface area contributed by atoms with Gasteiger partial charge in [0.2, 0.25) is 5.91 Å². The van der Waals surface area contributed by atoms with Crippen LogP contribution in [0.1, 0.15) is 24.1 Å². The van der Waals surface area contributed by atoms with Crippen LogP contribution in [0.5, 0.6) is 5.75 Å². The third-order valence-electron chi connectivity index (χ3n) is 4.95. The van der Waals surface area contributed by atoms with Gasteiger partial charge in [0.15, 0.2) is 0 Å². The molecule has 3 rings (SSSR count). The molecular formula is C21H18F2N4O4. The topological polar surface area (TPSA) is 112 Å². The molecule has 1 saturated heterocycles. The van der Waals surface area contributed by atoms with Crippen molar-refractivity contribution >= 4 is 17.8 Å². The Balaban J connectivity index is 1.74. The number of benzene rings is 2. The van der Waals surface area contributed by atoms with Crippen LogP contribution in [0.3, 0.4) is 0 Å². The van der Waals surface area contributed by atoms with E-state index < -0.39 is 47.6 Å².